The number of aromatic nitrogens is 4. The quantitative estimate of drug-likeness (QED) is 0.664. The Labute approximate surface area is 151 Å². The van der Waals surface area contributed by atoms with Crippen molar-refractivity contribution in [3.63, 3.8) is 0 Å². The highest BCUT2D eigenvalue weighted by Crippen LogP contribution is 2.14. The van der Waals surface area contributed by atoms with Crippen molar-refractivity contribution in [1.29, 1.82) is 0 Å². The zero-order valence-corrected chi connectivity index (χ0v) is 14.8. The summed E-state index contributed by atoms with van der Waals surface area (Å²) in [5.74, 6) is 0.592. The lowest BCUT2D eigenvalue weighted by atomic mass is 10.2. The molecule has 0 radical (unpaired) electrons. The number of anilines is 1. The number of nitrogens with zero attached hydrogens (tertiary/aromatic N) is 4. The molecular weight excluding hydrogens is 330 g/mol. The van der Waals surface area contributed by atoms with Crippen LogP contribution in [0.3, 0.4) is 0 Å². The number of rotatable bonds is 7. The third kappa shape index (κ3) is 4.60. The first kappa shape index (κ1) is 17.5. The van der Waals surface area contributed by atoms with Gasteiger partial charge in [-0.05, 0) is 30.7 Å². The van der Waals surface area contributed by atoms with E-state index in [1.165, 1.54) is 6.08 Å². The zero-order valence-electron chi connectivity index (χ0n) is 14.8. The fraction of sp³-hybridized carbons (Fsp3) is 0.211. The van der Waals surface area contributed by atoms with Gasteiger partial charge in [0.15, 0.2) is 0 Å². The minimum absolute atomic E-state index is 0.213. The number of benzene rings is 1. The molecule has 1 amide bonds. The van der Waals surface area contributed by atoms with Crippen LogP contribution in [0, 0.1) is 0 Å². The fourth-order valence-corrected chi connectivity index (χ4v) is 2.47. The van der Waals surface area contributed by atoms with Crippen molar-refractivity contribution >= 4 is 17.7 Å². The second kappa shape index (κ2) is 8.15. The lowest BCUT2D eigenvalue weighted by molar-refractivity contribution is -0.111. The maximum Gasteiger partial charge on any atom is 0.248 e. The van der Waals surface area contributed by atoms with Gasteiger partial charge in [0.05, 0.1) is 31.7 Å². The summed E-state index contributed by atoms with van der Waals surface area (Å²) >= 11 is 0. The summed E-state index contributed by atoms with van der Waals surface area (Å²) in [5, 5.41) is 11.2. The molecule has 0 atom stereocenters. The van der Waals surface area contributed by atoms with Crippen LogP contribution in [0.5, 0.6) is 5.75 Å². The molecule has 0 aliphatic rings. The van der Waals surface area contributed by atoms with Gasteiger partial charge in [-0.2, -0.15) is 10.2 Å². The van der Waals surface area contributed by atoms with Crippen molar-refractivity contribution in [3.05, 3.63) is 66.3 Å². The Morgan fingerprint density at radius 1 is 1.23 bits per heavy atom. The molecule has 26 heavy (non-hydrogen) atoms. The van der Waals surface area contributed by atoms with Crippen LogP contribution in [0.1, 0.15) is 18.1 Å². The number of carbonyl (C=O) groups is 1. The Kier molecular flexibility index (Phi) is 5.48. The molecule has 0 spiro atoms. The van der Waals surface area contributed by atoms with E-state index in [0.717, 1.165) is 23.4 Å². The Hall–Kier alpha value is -3.35. The van der Waals surface area contributed by atoms with Crippen LogP contribution < -0.4 is 10.1 Å². The largest absolute Gasteiger partial charge is 0.497 e. The van der Waals surface area contributed by atoms with Gasteiger partial charge in [0.1, 0.15) is 5.75 Å². The molecule has 0 aliphatic carbocycles. The van der Waals surface area contributed by atoms with Gasteiger partial charge < -0.3 is 10.1 Å². The molecule has 3 aromatic rings. The van der Waals surface area contributed by atoms with Gasteiger partial charge in [-0.3, -0.25) is 14.2 Å². The molecule has 0 saturated heterocycles. The van der Waals surface area contributed by atoms with E-state index in [2.05, 4.69) is 15.5 Å². The van der Waals surface area contributed by atoms with E-state index in [-0.39, 0.29) is 5.91 Å². The Morgan fingerprint density at radius 3 is 2.85 bits per heavy atom. The summed E-state index contributed by atoms with van der Waals surface area (Å²) in [4.78, 5) is 12.0. The number of carbonyl (C=O) groups excluding carboxylic acids is 1. The third-order valence-corrected chi connectivity index (χ3v) is 3.78. The molecule has 1 aromatic carbocycles. The molecule has 3 rings (SSSR count). The van der Waals surface area contributed by atoms with Crippen molar-refractivity contribution in [2.75, 3.05) is 12.4 Å². The number of aryl methyl sites for hydroxylation is 1. The Balaban J connectivity index is 1.58. The normalized spacial score (nSPS) is 11.0. The summed E-state index contributed by atoms with van der Waals surface area (Å²) in [7, 11) is 1.64. The van der Waals surface area contributed by atoms with E-state index in [0.29, 0.717) is 12.2 Å². The van der Waals surface area contributed by atoms with Gasteiger partial charge in [0.25, 0.3) is 0 Å². The van der Waals surface area contributed by atoms with Crippen molar-refractivity contribution in [3.8, 4) is 5.75 Å². The van der Waals surface area contributed by atoms with Crippen molar-refractivity contribution in [2.45, 2.75) is 20.0 Å². The number of nitrogens with one attached hydrogen (secondary N) is 1. The highest BCUT2D eigenvalue weighted by molar-refractivity contribution is 6.01. The number of methoxy groups -OCH3 is 1. The van der Waals surface area contributed by atoms with Gasteiger partial charge in [-0.25, -0.2) is 0 Å². The SMILES string of the molecule is CCn1cc(/C=C/C(=O)Nc2cnn(Cc3cccc(OC)c3)c2)cn1. The van der Waals surface area contributed by atoms with Gasteiger partial charge in [-0.15, -0.1) is 0 Å². The zero-order chi connectivity index (χ0) is 18.4. The second-order valence-corrected chi connectivity index (χ2v) is 5.73. The average Bonchev–Trinajstić information content (AvgIpc) is 3.29. The number of ether oxygens (including phenoxy) is 1. The molecule has 0 saturated carbocycles. The van der Waals surface area contributed by atoms with Gasteiger partial charge in [0, 0.05) is 30.6 Å². The standard InChI is InChI=1S/C19H21N5O2/c1-3-23-13-16(10-20-23)7-8-19(25)22-17-11-21-24(14-17)12-15-5-4-6-18(9-15)26-2/h4-11,13-14H,3,12H2,1-2H3,(H,22,25)/b8-7+. The predicted octanol–water partition coefficient (Wildman–Crippen LogP) is 2.81. The molecule has 0 fully saturated rings. The van der Waals surface area contributed by atoms with E-state index in [9.17, 15) is 4.79 Å². The van der Waals surface area contributed by atoms with Crippen LogP contribution in [0.2, 0.25) is 0 Å². The van der Waals surface area contributed by atoms with Crippen LogP contribution in [-0.4, -0.2) is 32.6 Å². The summed E-state index contributed by atoms with van der Waals surface area (Å²) in [6.45, 7) is 3.40. The molecule has 2 aromatic heterocycles. The van der Waals surface area contributed by atoms with Gasteiger partial charge in [-0.1, -0.05) is 12.1 Å². The summed E-state index contributed by atoms with van der Waals surface area (Å²) in [6.07, 6.45) is 10.2. The third-order valence-electron chi connectivity index (χ3n) is 3.78. The van der Waals surface area contributed by atoms with E-state index in [4.69, 9.17) is 4.74 Å². The molecule has 1 N–H and O–H groups in total. The fourth-order valence-electron chi connectivity index (χ4n) is 2.47. The maximum absolute atomic E-state index is 12.0. The number of hydrogen-bond acceptors (Lipinski definition) is 4. The van der Waals surface area contributed by atoms with Crippen LogP contribution in [0.25, 0.3) is 6.08 Å². The Morgan fingerprint density at radius 2 is 2.08 bits per heavy atom. The smallest absolute Gasteiger partial charge is 0.248 e. The minimum atomic E-state index is -0.213. The highest BCUT2D eigenvalue weighted by Gasteiger charge is 2.04. The molecule has 0 unspecified atom stereocenters. The lowest BCUT2D eigenvalue weighted by Crippen LogP contribution is -2.07. The maximum atomic E-state index is 12.0. The summed E-state index contributed by atoms with van der Waals surface area (Å²) in [5.41, 5.74) is 2.60. The average molecular weight is 351 g/mol. The lowest BCUT2D eigenvalue weighted by Gasteiger charge is -2.04. The first-order valence-electron chi connectivity index (χ1n) is 8.33. The Bertz CT molecular complexity index is 910. The molecule has 7 heteroatoms. The molecule has 0 bridgehead atoms. The first-order valence-corrected chi connectivity index (χ1v) is 8.33. The van der Waals surface area contributed by atoms with E-state index in [1.807, 2.05) is 37.4 Å². The predicted molar refractivity (Wildman–Crippen MR) is 99.9 cm³/mol. The first-order chi connectivity index (χ1) is 12.7. The van der Waals surface area contributed by atoms with Crippen LogP contribution in [-0.2, 0) is 17.9 Å². The minimum Gasteiger partial charge on any atom is -0.497 e. The monoisotopic (exact) mass is 351 g/mol. The molecular formula is C19H21N5O2. The summed E-state index contributed by atoms with van der Waals surface area (Å²) in [6, 6.07) is 7.79. The number of hydrogen-bond donors (Lipinski definition) is 1. The van der Waals surface area contributed by atoms with E-state index < -0.39 is 0 Å². The van der Waals surface area contributed by atoms with Gasteiger partial charge in [0.2, 0.25) is 5.91 Å². The van der Waals surface area contributed by atoms with Crippen molar-refractivity contribution in [2.24, 2.45) is 0 Å². The second-order valence-electron chi connectivity index (χ2n) is 5.73. The molecule has 7 nitrogen and oxygen atoms in total. The highest BCUT2D eigenvalue weighted by atomic mass is 16.5. The topological polar surface area (TPSA) is 74.0 Å². The van der Waals surface area contributed by atoms with E-state index >= 15 is 0 Å². The van der Waals surface area contributed by atoms with Crippen molar-refractivity contribution in [1.82, 2.24) is 19.6 Å². The summed E-state index contributed by atoms with van der Waals surface area (Å²) < 4.78 is 8.79. The van der Waals surface area contributed by atoms with Crippen molar-refractivity contribution < 1.29 is 9.53 Å². The molecule has 0 aliphatic heterocycles. The van der Waals surface area contributed by atoms with E-state index in [1.54, 1.807) is 41.1 Å². The number of amides is 1. The molecule has 134 valence electrons. The molecule has 2 heterocycles. The van der Waals surface area contributed by atoms with Crippen LogP contribution in [0.15, 0.2) is 55.1 Å². The van der Waals surface area contributed by atoms with Crippen LogP contribution in [0.4, 0.5) is 5.69 Å². The van der Waals surface area contributed by atoms with Crippen LogP contribution >= 0.6 is 0 Å². The van der Waals surface area contributed by atoms with Gasteiger partial charge >= 0.3 is 0 Å².